The Morgan fingerprint density at radius 2 is 1.38 bits per heavy atom. The van der Waals surface area contributed by atoms with E-state index in [4.69, 9.17) is 0 Å². The first-order valence-electron chi connectivity index (χ1n) is 3.82. The van der Waals surface area contributed by atoms with E-state index >= 15 is 0 Å². The zero-order chi connectivity index (χ0) is 10.5. The number of hydrogen-bond donors (Lipinski definition) is 2. The molecule has 0 saturated heterocycles. The maximum absolute atomic E-state index is 11.0. The summed E-state index contributed by atoms with van der Waals surface area (Å²) in [5.74, 6) is -0.263. The zero-order valence-corrected chi connectivity index (χ0v) is 9.20. The molecule has 0 saturated carbocycles. The summed E-state index contributed by atoms with van der Waals surface area (Å²) in [6, 6.07) is 0. The Hall–Kier alpha value is -0.180. The van der Waals surface area contributed by atoms with Crippen LogP contribution in [0.25, 0.3) is 0 Å². The predicted octanol–water partition coefficient (Wildman–Crippen LogP) is -0.830. The van der Waals surface area contributed by atoms with E-state index in [2.05, 4.69) is 0 Å². The normalized spacial score (nSPS) is 13.1. The van der Waals surface area contributed by atoms with Crippen LogP contribution in [0.1, 0.15) is 20.3 Å². The van der Waals surface area contributed by atoms with Crippen molar-refractivity contribution in [3.8, 4) is 0 Å². The number of rotatable bonds is 6. The van der Waals surface area contributed by atoms with E-state index in [0.29, 0.717) is 6.42 Å². The minimum absolute atomic E-state index is 0.0980. The van der Waals surface area contributed by atoms with Crippen molar-refractivity contribution < 1.29 is 16.8 Å². The zero-order valence-electron chi connectivity index (χ0n) is 7.57. The Bertz CT molecular complexity index is 332. The highest BCUT2D eigenvalue weighted by atomic mass is 32.2. The quantitative estimate of drug-likeness (QED) is 0.582. The fourth-order valence-electron chi connectivity index (χ4n) is 0.519. The molecular formula is C5H14N2O4S2. The van der Waals surface area contributed by atoms with Crippen LogP contribution in [0.2, 0.25) is 0 Å². The summed E-state index contributed by atoms with van der Waals surface area (Å²) in [6.07, 6.45) is 0.434. The first-order valence-corrected chi connectivity index (χ1v) is 7.12. The molecule has 0 aromatic rings. The van der Waals surface area contributed by atoms with E-state index in [1.165, 1.54) is 6.92 Å². The standard InChI is InChI=1S/C5H14N2O4S2/c1-3-5-13(10,11)7-6-12(8,9)4-2/h6-7H,3-5H2,1-2H3. The van der Waals surface area contributed by atoms with Crippen molar-refractivity contribution in [3.63, 3.8) is 0 Å². The van der Waals surface area contributed by atoms with Gasteiger partial charge in [-0.3, -0.25) is 0 Å². The Kier molecular flexibility index (Phi) is 4.82. The molecule has 13 heavy (non-hydrogen) atoms. The monoisotopic (exact) mass is 230 g/mol. The van der Waals surface area contributed by atoms with Crippen LogP contribution in [0.5, 0.6) is 0 Å². The summed E-state index contributed by atoms with van der Waals surface area (Å²) in [5, 5.41) is 0. The highest BCUT2D eigenvalue weighted by Crippen LogP contribution is 1.87. The first kappa shape index (κ1) is 12.8. The average Bonchev–Trinajstić information content (AvgIpc) is 2.02. The molecule has 80 valence electrons. The molecule has 0 amide bonds. The van der Waals surface area contributed by atoms with E-state index in [-0.39, 0.29) is 11.5 Å². The highest BCUT2D eigenvalue weighted by Gasteiger charge is 2.12. The molecule has 0 spiro atoms. The van der Waals surface area contributed by atoms with Gasteiger partial charge in [0.1, 0.15) is 0 Å². The van der Waals surface area contributed by atoms with Crippen LogP contribution in [-0.2, 0) is 20.0 Å². The van der Waals surface area contributed by atoms with Gasteiger partial charge in [0, 0.05) is 0 Å². The summed E-state index contributed by atoms with van der Waals surface area (Å²) < 4.78 is 43.5. The lowest BCUT2D eigenvalue weighted by atomic mass is 10.6. The van der Waals surface area contributed by atoms with Gasteiger partial charge in [0.25, 0.3) is 0 Å². The Labute approximate surface area is 78.8 Å². The van der Waals surface area contributed by atoms with Crippen LogP contribution in [0, 0.1) is 0 Å². The summed E-state index contributed by atoms with van der Waals surface area (Å²) in [4.78, 5) is 3.55. The lowest BCUT2D eigenvalue weighted by Crippen LogP contribution is -2.43. The van der Waals surface area contributed by atoms with Gasteiger partial charge in [0.05, 0.1) is 11.5 Å². The molecule has 0 unspecified atom stereocenters. The van der Waals surface area contributed by atoms with Gasteiger partial charge in [0.15, 0.2) is 0 Å². The second-order valence-electron chi connectivity index (χ2n) is 2.43. The highest BCUT2D eigenvalue weighted by molar-refractivity contribution is 7.92. The average molecular weight is 230 g/mol. The Morgan fingerprint density at radius 1 is 0.923 bits per heavy atom. The topological polar surface area (TPSA) is 92.3 Å². The van der Waals surface area contributed by atoms with Crippen LogP contribution < -0.4 is 9.66 Å². The van der Waals surface area contributed by atoms with Gasteiger partial charge in [-0.1, -0.05) is 6.92 Å². The van der Waals surface area contributed by atoms with Gasteiger partial charge in [0.2, 0.25) is 20.0 Å². The SMILES string of the molecule is CCCS(=O)(=O)NNS(=O)(=O)CC. The second-order valence-corrected chi connectivity index (χ2v) is 6.28. The maximum Gasteiger partial charge on any atom is 0.225 e. The molecular weight excluding hydrogens is 216 g/mol. The van der Waals surface area contributed by atoms with E-state index < -0.39 is 20.0 Å². The van der Waals surface area contributed by atoms with Gasteiger partial charge >= 0.3 is 0 Å². The Balaban J connectivity index is 4.19. The van der Waals surface area contributed by atoms with Crippen molar-refractivity contribution in [3.05, 3.63) is 0 Å². The fourth-order valence-corrected chi connectivity index (χ4v) is 2.32. The van der Waals surface area contributed by atoms with Gasteiger partial charge in [-0.2, -0.15) is 0 Å². The number of hydrogen-bond acceptors (Lipinski definition) is 4. The molecule has 0 heterocycles. The van der Waals surface area contributed by atoms with Crippen molar-refractivity contribution in [2.45, 2.75) is 20.3 Å². The van der Waals surface area contributed by atoms with Crippen LogP contribution >= 0.6 is 0 Å². The molecule has 0 fully saturated rings. The number of sulfonamides is 2. The minimum Gasteiger partial charge on any atom is -0.211 e. The van der Waals surface area contributed by atoms with Gasteiger partial charge in [-0.15, -0.1) is 9.66 Å². The van der Waals surface area contributed by atoms with Crippen molar-refractivity contribution in [2.24, 2.45) is 0 Å². The minimum atomic E-state index is -3.52. The van der Waals surface area contributed by atoms with Crippen LogP contribution in [0.3, 0.4) is 0 Å². The van der Waals surface area contributed by atoms with E-state index in [1.807, 2.05) is 0 Å². The number of nitrogens with one attached hydrogen (secondary N) is 2. The second kappa shape index (κ2) is 4.89. The van der Waals surface area contributed by atoms with Gasteiger partial charge in [-0.25, -0.2) is 16.8 Å². The summed E-state index contributed by atoms with van der Waals surface area (Å²) in [6.45, 7) is 3.10. The molecule has 0 bridgehead atoms. The largest absolute Gasteiger partial charge is 0.225 e. The maximum atomic E-state index is 11.0. The summed E-state index contributed by atoms with van der Waals surface area (Å²) in [7, 11) is -7.03. The Morgan fingerprint density at radius 3 is 1.77 bits per heavy atom. The molecule has 8 heteroatoms. The fraction of sp³-hybridized carbons (Fsp3) is 1.00. The molecule has 6 nitrogen and oxygen atoms in total. The van der Waals surface area contributed by atoms with Crippen LogP contribution in [0.15, 0.2) is 0 Å². The molecule has 0 aromatic carbocycles. The smallest absolute Gasteiger partial charge is 0.211 e. The van der Waals surface area contributed by atoms with E-state index in [1.54, 1.807) is 16.6 Å². The lowest BCUT2D eigenvalue weighted by Gasteiger charge is -2.06. The lowest BCUT2D eigenvalue weighted by molar-refractivity contribution is 0.557. The van der Waals surface area contributed by atoms with Crippen molar-refractivity contribution in [1.82, 2.24) is 9.66 Å². The van der Waals surface area contributed by atoms with Crippen molar-refractivity contribution in [1.29, 1.82) is 0 Å². The van der Waals surface area contributed by atoms with Gasteiger partial charge in [-0.05, 0) is 13.3 Å². The molecule has 0 aliphatic carbocycles. The molecule has 0 aliphatic heterocycles. The van der Waals surface area contributed by atoms with Crippen LogP contribution in [-0.4, -0.2) is 28.3 Å². The number of hydrazine groups is 1. The third-order valence-electron chi connectivity index (χ3n) is 1.21. The predicted molar refractivity (Wildman–Crippen MR) is 49.8 cm³/mol. The third-order valence-corrected chi connectivity index (χ3v) is 3.87. The summed E-state index contributed by atoms with van der Waals surface area (Å²) >= 11 is 0. The third kappa shape index (κ3) is 5.97. The van der Waals surface area contributed by atoms with E-state index in [9.17, 15) is 16.8 Å². The summed E-state index contributed by atoms with van der Waals surface area (Å²) in [5.41, 5.74) is 0. The van der Waals surface area contributed by atoms with Crippen molar-refractivity contribution in [2.75, 3.05) is 11.5 Å². The molecule has 0 radical (unpaired) electrons. The van der Waals surface area contributed by atoms with Gasteiger partial charge < -0.3 is 0 Å². The molecule has 0 rings (SSSR count). The molecule has 0 aromatic heterocycles. The molecule has 2 N–H and O–H groups in total. The first-order chi connectivity index (χ1) is 5.83. The van der Waals surface area contributed by atoms with Crippen molar-refractivity contribution >= 4 is 20.0 Å². The molecule has 0 atom stereocenters. The van der Waals surface area contributed by atoms with E-state index in [0.717, 1.165) is 0 Å². The molecule has 0 aliphatic rings. The van der Waals surface area contributed by atoms with Crippen LogP contribution in [0.4, 0.5) is 0 Å².